The van der Waals surface area contributed by atoms with Gasteiger partial charge in [-0.05, 0) is 24.1 Å². The molecule has 1 saturated heterocycles. The Bertz CT molecular complexity index is 533. The molecule has 1 aromatic rings. The van der Waals surface area contributed by atoms with Crippen LogP contribution < -0.4 is 4.90 Å². The number of carbonyl (C=O) groups is 1. The van der Waals surface area contributed by atoms with Crippen LogP contribution in [0.4, 0.5) is 18.9 Å². The maximum atomic E-state index is 13.1. The molecule has 0 amide bonds. The molecule has 1 fully saturated rings. The molecule has 7 heteroatoms. The molecule has 110 valence electrons. The molecule has 0 saturated carbocycles. The topological polar surface area (TPSA) is 40.5 Å². The van der Waals surface area contributed by atoms with E-state index in [0.717, 1.165) is 6.07 Å². The number of anilines is 1. The normalized spacial score (nSPS) is 23.1. The summed E-state index contributed by atoms with van der Waals surface area (Å²) in [6, 6.07) is 3.93. The van der Waals surface area contributed by atoms with Gasteiger partial charge < -0.3 is 10.0 Å². The molecule has 1 aliphatic heterocycles. The minimum Gasteiger partial charge on any atom is -0.481 e. The Balaban J connectivity index is 2.37. The summed E-state index contributed by atoms with van der Waals surface area (Å²) in [5.41, 5.74) is -0.707. The number of carboxylic acids is 1. The van der Waals surface area contributed by atoms with Crippen LogP contribution in [0.1, 0.15) is 12.5 Å². The number of alkyl halides is 3. The van der Waals surface area contributed by atoms with Gasteiger partial charge in [0.15, 0.2) is 0 Å². The van der Waals surface area contributed by atoms with Crippen molar-refractivity contribution >= 4 is 27.6 Å². The van der Waals surface area contributed by atoms with Crippen molar-refractivity contribution in [3.63, 3.8) is 0 Å². The first-order chi connectivity index (χ1) is 9.20. The minimum atomic E-state index is -4.47. The predicted molar refractivity (Wildman–Crippen MR) is 71.6 cm³/mol. The van der Waals surface area contributed by atoms with Gasteiger partial charge in [-0.15, -0.1) is 0 Å². The third-order valence-corrected chi connectivity index (χ3v) is 4.03. The Hall–Kier alpha value is -1.24. The molecule has 2 rings (SSSR count). The minimum absolute atomic E-state index is 0.0382. The average Bonchev–Trinajstić information content (AvgIpc) is 2.70. The number of aliphatic carboxylic acids is 1. The third-order valence-electron chi connectivity index (χ3n) is 3.53. The number of hydrogen-bond donors (Lipinski definition) is 1. The third kappa shape index (κ3) is 2.92. The molecule has 0 unspecified atom stereocenters. The zero-order chi connectivity index (χ0) is 15.1. The Morgan fingerprint density at radius 2 is 2.05 bits per heavy atom. The molecule has 0 radical (unpaired) electrons. The summed E-state index contributed by atoms with van der Waals surface area (Å²) in [6.45, 7) is 2.15. The van der Waals surface area contributed by atoms with E-state index in [2.05, 4.69) is 15.9 Å². The van der Waals surface area contributed by atoms with Crippen molar-refractivity contribution in [1.82, 2.24) is 0 Å². The number of halogens is 4. The van der Waals surface area contributed by atoms with Crippen molar-refractivity contribution in [3.05, 3.63) is 28.2 Å². The maximum absolute atomic E-state index is 13.1. The number of hydrogen-bond acceptors (Lipinski definition) is 2. The van der Waals surface area contributed by atoms with Gasteiger partial charge in [0, 0.05) is 23.2 Å². The van der Waals surface area contributed by atoms with Crippen LogP contribution >= 0.6 is 15.9 Å². The van der Waals surface area contributed by atoms with E-state index in [1.807, 2.05) is 0 Å². The number of benzene rings is 1. The van der Waals surface area contributed by atoms with Crippen molar-refractivity contribution in [3.8, 4) is 0 Å². The van der Waals surface area contributed by atoms with Gasteiger partial charge in [0.25, 0.3) is 0 Å². The highest BCUT2D eigenvalue weighted by Gasteiger charge is 2.40. The van der Waals surface area contributed by atoms with E-state index >= 15 is 0 Å². The summed E-state index contributed by atoms with van der Waals surface area (Å²) in [7, 11) is 0. The molecule has 1 heterocycles. The predicted octanol–water partition coefficient (Wildman–Crippen LogP) is 3.62. The van der Waals surface area contributed by atoms with Crippen molar-refractivity contribution < 1.29 is 23.1 Å². The van der Waals surface area contributed by atoms with E-state index in [0.29, 0.717) is 11.0 Å². The van der Waals surface area contributed by atoms with Crippen LogP contribution in [0.2, 0.25) is 0 Å². The summed E-state index contributed by atoms with van der Waals surface area (Å²) >= 11 is 3.03. The van der Waals surface area contributed by atoms with Crippen LogP contribution in [0, 0.1) is 11.8 Å². The van der Waals surface area contributed by atoms with E-state index in [4.69, 9.17) is 5.11 Å². The van der Waals surface area contributed by atoms with Crippen molar-refractivity contribution in [2.24, 2.45) is 11.8 Å². The van der Waals surface area contributed by atoms with Gasteiger partial charge in [-0.1, -0.05) is 22.9 Å². The van der Waals surface area contributed by atoms with Crippen LogP contribution in [0.3, 0.4) is 0 Å². The average molecular weight is 352 g/mol. The molecule has 20 heavy (non-hydrogen) atoms. The van der Waals surface area contributed by atoms with Crippen LogP contribution in [0.5, 0.6) is 0 Å². The second-order valence-electron chi connectivity index (χ2n) is 4.99. The molecule has 1 N–H and O–H groups in total. The van der Waals surface area contributed by atoms with Gasteiger partial charge in [-0.25, -0.2) is 0 Å². The van der Waals surface area contributed by atoms with Gasteiger partial charge in [0.1, 0.15) is 0 Å². The van der Waals surface area contributed by atoms with E-state index in [-0.39, 0.29) is 18.2 Å². The Morgan fingerprint density at radius 3 is 2.55 bits per heavy atom. The molecule has 0 spiro atoms. The fourth-order valence-corrected chi connectivity index (χ4v) is 2.86. The summed E-state index contributed by atoms with van der Waals surface area (Å²) in [5.74, 6) is -1.79. The van der Waals surface area contributed by atoms with Crippen molar-refractivity contribution in [2.45, 2.75) is 13.1 Å². The summed E-state index contributed by atoms with van der Waals surface area (Å²) < 4.78 is 39.6. The van der Waals surface area contributed by atoms with Crippen LogP contribution in [-0.2, 0) is 11.0 Å². The number of rotatable bonds is 2. The van der Waals surface area contributed by atoms with Gasteiger partial charge >= 0.3 is 12.1 Å². The monoisotopic (exact) mass is 351 g/mol. The van der Waals surface area contributed by atoms with Crippen molar-refractivity contribution in [2.75, 3.05) is 18.0 Å². The van der Waals surface area contributed by atoms with E-state index in [1.165, 1.54) is 17.0 Å². The smallest absolute Gasteiger partial charge is 0.418 e. The molecule has 0 aliphatic carbocycles. The SMILES string of the molecule is C[C@@H]1CN(c2ccc(Br)cc2C(F)(F)F)C[C@H]1C(=O)O. The molecule has 0 bridgehead atoms. The zero-order valence-corrected chi connectivity index (χ0v) is 12.2. The fraction of sp³-hybridized carbons (Fsp3) is 0.462. The lowest BCUT2D eigenvalue weighted by Gasteiger charge is -2.23. The molecule has 2 atom stereocenters. The lowest BCUT2D eigenvalue weighted by molar-refractivity contribution is -0.142. The van der Waals surface area contributed by atoms with Crippen molar-refractivity contribution in [1.29, 1.82) is 0 Å². The second-order valence-corrected chi connectivity index (χ2v) is 5.90. The maximum Gasteiger partial charge on any atom is 0.418 e. The largest absolute Gasteiger partial charge is 0.481 e. The summed E-state index contributed by atoms with van der Waals surface area (Å²) in [4.78, 5) is 12.6. The van der Waals surface area contributed by atoms with E-state index in [1.54, 1.807) is 6.92 Å². The number of carboxylic acid groups (broad SMARTS) is 1. The molecular weight excluding hydrogens is 339 g/mol. The molecular formula is C13H13BrF3NO2. The van der Waals surface area contributed by atoms with Crippen LogP contribution in [0.15, 0.2) is 22.7 Å². The molecule has 1 aliphatic rings. The Morgan fingerprint density at radius 1 is 1.40 bits per heavy atom. The highest BCUT2D eigenvalue weighted by atomic mass is 79.9. The van der Waals surface area contributed by atoms with Gasteiger partial charge in [0.05, 0.1) is 11.5 Å². The standard InChI is InChI=1S/C13H13BrF3NO2/c1-7-5-18(6-9(7)12(19)20)11-3-2-8(14)4-10(11)13(15,16)17/h2-4,7,9H,5-6H2,1H3,(H,19,20)/t7-,9-/m1/s1. The zero-order valence-electron chi connectivity index (χ0n) is 10.6. The van der Waals surface area contributed by atoms with Crippen LogP contribution in [-0.4, -0.2) is 24.2 Å². The van der Waals surface area contributed by atoms with Gasteiger partial charge in [-0.3, -0.25) is 4.79 Å². The van der Waals surface area contributed by atoms with Gasteiger partial charge in [0.2, 0.25) is 0 Å². The molecule has 3 nitrogen and oxygen atoms in total. The van der Waals surface area contributed by atoms with E-state index < -0.39 is 23.6 Å². The lowest BCUT2D eigenvalue weighted by atomic mass is 9.99. The van der Waals surface area contributed by atoms with E-state index in [9.17, 15) is 18.0 Å². The van der Waals surface area contributed by atoms with Gasteiger partial charge in [-0.2, -0.15) is 13.2 Å². The second kappa shape index (κ2) is 5.27. The number of nitrogens with zero attached hydrogens (tertiary/aromatic N) is 1. The first-order valence-electron chi connectivity index (χ1n) is 6.04. The lowest BCUT2D eigenvalue weighted by Crippen LogP contribution is -2.25. The quantitative estimate of drug-likeness (QED) is 0.884. The highest BCUT2D eigenvalue weighted by Crippen LogP contribution is 2.40. The Labute approximate surface area is 122 Å². The first kappa shape index (κ1) is 15.2. The summed E-state index contributed by atoms with van der Waals surface area (Å²) in [5, 5.41) is 9.07. The highest BCUT2D eigenvalue weighted by molar-refractivity contribution is 9.10. The summed E-state index contributed by atoms with van der Waals surface area (Å²) in [6.07, 6.45) is -4.47. The fourth-order valence-electron chi connectivity index (χ4n) is 2.50. The first-order valence-corrected chi connectivity index (χ1v) is 6.84. The molecule has 1 aromatic carbocycles. The molecule has 0 aromatic heterocycles. The Kier molecular flexibility index (Phi) is 4.00. The van der Waals surface area contributed by atoms with Crippen LogP contribution in [0.25, 0.3) is 0 Å².